The molecule has 1 aromatic carbocycles. The zero-order valence-electron chi connectivity index (χ0n) is 11.8. The third kappa shape index (κ3) is 2.89. The highest BCUT2D eigenvalue weighted by Gasteiger charge is 2.36. The molecular formula is C15H22N2O2. The molecule has 0 spiro atoms. The Bertz CT molecular complexity index is 453. The number of carbonyl (C=O) groups excluding carboxylic acids is 1. The molecule has 0 saturated carbocycles. The second-order valence-electron chi connectivity index (χ2n) is 5.42. The summed E-state index contributed by atoms with van der Waals surface area (Å²) in [4.78, 5) is 12.4. The molecule has 1 amide bonds. The third-order valence-electron chi connectivity index (χ3n) is 3.87. The van der Waals surface area contributed by atoms with Gasteiger partial charge in [0.05, 0.1) is 18.6 Å². The number of amides is 1. The van der Waals surface area contributed by atoms with Gasteiger partial charge in [-0.2, -0.15) is 0 Å². The number of hydrogen-bond donors (Lipinski definition) is 2. The maximum atomic E-state index is 12.4. The van der Waals surface area contributed by atoms with E-state index in [0.717, 1.165) is 30.8 Å². The maximum absolute atomic E-state index is 12.4. The van der Waals surface area contributed by atoms with Crippen LogP contribution in [0.3, 0.4) is 0 Å². The highest BCUT2D eigenvalue weighted by Crippen LogP contribution is 2.28. The largest absolute Gasteiger partial charge is 0.496 e. The number of hydrogen-bond acceptors (Lipinski definition) is 3. The quantitative estimate of drug-likeness (QED) is 0.871. The number of carbonyl (C=O) groups is 1. The van der Waals surface area contributed by atoms with Crippen LogP contribution in [0.4, 0.5) is 0 Å². The highest BCUT2D eigenvalue weighted by molar-refractivity contribution is 5.83. The van der Waals surface area contributed by atoms with Crippen LogP contribution in [0.15, 0.2) is 24.3 Å². The lowest BCUT2D eigenvalue weighted by atomic mass is 9.88. The number of nitrogens with one attached hydrogen (secondary N) is 2. The molecule has 104 valence electrons. The van der Waals surface area contributed by atoms with Crippen LogP contribution in [0, 0.1) is 5.41 Å². The first-order valence-electron chi connectivity index (χ1n) is 6.71. The zero-order chi connectivity index (χ0) is 13.9. The Morgan fingerprint density at radius 3 is 2.84 bits per heavy atom. The van der Waals surface area contributed by atoms with Crippen molar-refractivity contribution in [3.63, 3.8) is 0 Å². The smallest absolute Gasteiger partial charge is 0.227 e. The number of benzene rings is 1. The van der Waals surface area contributed by atoms with Crippen molar-refractivity contribution in [3.8, 4) is 5.75 Å². The van der Waals surface area contributed by atoms with E-state index >= 15 is 0 Å². The summed E-state index contributed by atoms with van der Waals surface area (Å²) in [6.45, 7) is 5.66. The van der Waals surface area contributed by atoms with Crippen molar-refractivity contribution in [2.24, 2.45) is 5.41 Å². The van der Waals surface area contributed by atoms with Gasteiger partial charge < -0.3 is 15.4 Å². The molecule has 1 unspecified atom stereocenters. The van der Waals surface area contributed by atoms with Crippen molar-refractivity contribution in [2.75, 3.05) is 20.2 Å². The van der Waals surface area contributed by atoms with E-state index < -0.39 is 0 Å². The molecule has 0 radical (unpaired) electrons. The molecule has 1 heterocycles. The van der Waals surface area contributed by atoms with E-state index in [1.165, 1.54) is 0 Å². The summed E-state index contributed by atoms with van der Waals surface area (Å²) in [7, 11) is 1.65. The Labute approximate surface area is 114 Å². The lowest BCUT2D eigenvalue weighted by Gasteiger charge is -2.25. The van der Waals surface area contributed by atoms with Crippen molar-refractivity contribution in [1.29, 1.82) is 0 Å². The molecule has 2 N–H and O–H groups in total. The van der Waals surface area contributed by atoms with E-state index in [2.05, 4.69) is 10.6 Å². The fourth-order valence-electron chi connectivity index (χ4n) is 2.48. The van der Waals surface area contributed by atoms with E-state index in [4.69, 9.17) is 4.74 Å². The molecule has 0 aromatic heterocycles. The molecule has 4 heteroatoms. The lowest BCUT2D eigenvalue weighted by Crippen LogP contribution is -2.41. The summed E-state index contributed by atoms with van der Waals surface area (Å²) in [5, 5.41) is 6.34. The third-order valence-corrected chi connectivity index (χ3v) is 3.87. The van der Waals surface area contributed by atoms with Crippen molar-refractivity contribution < 1.29 is 9.53 Å². The van der Waals surface area contributed by atoms with Crippen LogP contribution in [0.5, 0.6) is 5.75 Å². The van der Waals surface area contributed by atoms with Crippen LogP contribution in [-0.2, 0) is 4.79 Å². The summed E-state index contributed by atoms with van der Waals surface area (Å²) >= 11 is 0. The molecule has 2 atom stereocenters. The van der Waals surface area contributed by atoms with Gasteiger partial charge in [0, 0.05) is 12.1 Å². The van der Waals surface area contributed by atoms with Crippen LogP contribution in [0.25, 0.3) is 0 Å². The first-order chi connectivity index (χ1) is 9.07. The second kappa shape index (κ2) is 5.61. The van der Waals surface area contributed by atoms with Crippen LogP contribution in [-0.4, -0.2) is 26.1 Å². The molecule has 0 bridgehead atoms. The minimum atomic E-state index is -0.295. The van der Waals surface area contributed by atoms with E-state index in [1.54, 1.807) is 7.11 Å². The Hall–Kier alpha value is -1.55. The Balaban J connectivity index is 2.08. The van der Waals surface area contributed by atoms with Crippen LogP contribution in [0.1, 0.15) is 31.9 Å². The van der Waals surface area contributed by atoms with E-state index in [-0.39, 0.29) is 17.4 Å². The van der Waals surface area contributed by atoms with Gasteiger partial charge in [-0.3, -0.25) is 4.79 Å². The highest BCUT2D eigenvalue weighted by atomic mass is 16.5. The monoisotopic (exact) mass is 262 g/mol. The van der Waals surface area contributed by atoms with E-state index in [0.29, 0.717) is 0 Å². The van der Waals surface area contributed by atoms with Crippen molar-refractivity contribution in [2.45, 2.75) is 26.3 Å². The van der Waals surface area contributed by atoms with Crippen LogP contribution in [0.2, 0.25) is 0 Å². The number of para-hydroxylation sites is 1. The number of methoxy groups -OCH3 is 1. The summed E-state index contributed by atoms with van der Waals surface area (Å²) < 4.78 is 5.34. The van der Waals surface area contributed by atoms with Gasteiger partial charge in [-0.1, -0.05) is 18.2 Å². The van der Waals surface area contributed by atoms with Gasteiger partial charge in [0.1, 0.15) is 5.75 Å². The van der Waals surface area contributed by atoms with Gasteiger partial charge in [0.25, 0.3) is 0 Å². The lowest BCUT2D eigenvalue weighted by molar-refractivity contribution is -0.129. The topological polar surface area (TPSA) is 50.4 Å². The van der Waals surface area contributed by atoms with Crippen LogP contribution < -0.4 is 15.4 Å². The van der Waals surface area contributed by atoms with Gasteiger partial charge in [-0.25, -0.2) is 0 Å². The average molecular weight is 262 g/mol. The maximum Gasteiger partial charge on any atom is 0.227 e. The molecule has 4 nitrogen and oxygen atoms in total. The summed E-state index contributed by atoms with van der Waals surface area (Å²) in [5.74, 6) is 0.918. The molecule has 19 heavy (non-hydrogen) atoms. The predicted molar refractivity (Wildman–Crippen MR) is 75.1 cm³/mol. The number of rotatable bonds is 4. The zero-order valence-corrected chi connectivity index (χ0v) is 11.8. The second-order valence-corrected chi connectivity index (χ2v) is 5.42. The molecule has 0 aliphatic carbocycles. The molecule has 1 saturated heterocycles. The van der Waals surface area contributed by atoms with E-state index in [9.17, 15) is 4.79 Å². The fraction of sp³-hybridized carbons (Fsp3) is 0.533. The molecule has 1 fully saturated rings. The normalized spacial score (nSPS) is 23.9. The average Bonchev–Trinajstić information content (AvgIpc) is 2.87. The Morgan fingerprint density at radius 1 is 1.47 bits per heavy atom. The van der Waals surface area contributed by atoms with Gasteiger partial charge in [-0.05, 0) is 32.9 Å². The van der Waals surface area contributed by atoms with Gasteiger partial charge >= 0.3 is 0 Å². The van der Waals surface area contributed by atoms with Gasteiger partial charge in [0.2, 0.25) is 5.91 Å². The molecule has 1 aromatic rings. The Kier molecular flexibility index (Phi) is 4.10. The van der Waals surface area contributed by atoms with E-state index in [1.807, 2.05) is 38.1 Å². The van der Waals surface area contributed by atoms with Crippen molar-refractivity contribution in [1.82, 2.24) is 10.6 Å². The molecule has 1 aliphatic rings. The Morgan fingerprint density at radius 2 is 2.21 bits per heavy atom. The first-order valence-corrected chi connectivity index (χ1v) is 6.71. The minimum Gasteiger partial charge on any atom is -0.496 e. The summed E-state index contributed by atoms with van der Waals surface area (Å²) in [6.07, 6.45) is 0.886. The van der Waals surface area contributed by atoms with Crippen molar-refractivity contribution >= 4 is 5.91 Å². The first kappa shape index (κ1) is 13.9. The summed E-state index contributed by atoms with van der Waals surface area (Å²) in [6, 6.07) is 7.73. The van der Waals surface area contributed by atoms with Gasteiger partial charge in [-0.15, -0.1) is 0 Å². The standard InChI is InChI=1S/C15H22N2O2/c1-11(12-6-4-5-7-13(12)19-3)17-14(18)15(2)8-9-16-10-15/h4-7,11,16H,8-10H2,1-3H3,(H,17,18)/t11-,15?/m1/s1. The SMILES string of the molecule is COc1ccccc1[C@@H](C)NC(=O)C1(C)CCNC1. The predicted octanol–water partition coefficient (Wildman–Crippen LogP) is 1.87. The fourth-order valence-corrected chi connectivity index (χ4v) is 2.48. The molecule has 2 rings (SSSR count). The van der Waals surface area contributed by atoms with Crippen molar-refractivity contribution in [3.05, 3.63) is 29.8 Å². The van der Waals surface area contributed by atoms with Crippen LogP contribution >= 0.6 is 0 Å². The molecule has 1 aliphatic heterocycles. The minimum absolute atomic E-state index is 0.0546. The van der Waals surface area contributed by atoms with Gasteiger partial charge in [0.15, 0.2) is 0 Å². The number of ether oxygens (including phenoxy) is 1. The summed E-state index contributed by atoms with van der Waals surface area (Å²) in [5.41, 5.74) is 0.712. The molecular weight excluding hydrogens is 240 g/mol.